The zero-order valence-electron chi connectivity index (χ0n) is 13.7. The minimum absolute atomic E-state index is 0.513. The molecule has 0 fully saturated rings. The van der Waals surface area contributed by atoms with Crippen LogP contribution < -0.4 is 5.32 Å². The molecule has 1 unspecified atom stereocenters. The van der Waals surface area contributed by atoms with Crippen LogP contribution in [0.2, 0.25) is 0 Å². The molecule has 2 rings (SSSR count). The number of aryl methyl sites for hydroxylation is 1. The lowest BCUT2D eigenvalue weighted by Crippen LogP contribution is -2.09. The van der Waals surface area contributed by atoms with E-state index in [1.165, 1.54) is 22.4 Å². The van der Waals surface area contributed by atoms with Crippen LogP contribution in [0.1, 0.15) is 43.4 Å². The Hall–Kier alpha value is -1.76. The molecular weight excluding hydrogens is 254 g/mol. The van der Waals surface area contributed by atoms with E-state index in [1.54, 1.807) is 0 Å². The van der Waals surface area contributed by atoms with Gasteiger partial charge < -0.3 is 5.32 Å². The lowest BCUT2D eigenvalue weighted by molar-refractivity contribution is 0.647. The number of benzene rings is 2. The van der Waals surface area contributed by atoms with Gasteiger partial charge in [0.15, 0.2) is 0 Å². The van der Waals surface area contributed by atoms with E-state index in [1.807, 2.05) is 0 Å². The molecule has 112 valence electrons. The quantitative estimate of drug-likeness (QED) is 0.746. The summed E-state index contributed by atoms with van der Waals surface area (Å²) < 4.78 is 0. The van der Waals surface area contributed by atoms with Gasteiger partial charge in [-0.1, -0.05) is 62.7 Å². The molecule has 0 aliphatic heterocycles. The predicted octanol–water partition coefficient (Wildman–Crippen LogP) is 5.41. The van der Waals surface area contributed by atoms with Gasteiger partial charge in [0.2, 0.25) is 0 Å². The largest absolute Gasteiger partial charge is 0.384 e. The normalized spacial score (nSPS) is 12.4. The van der Waals surface area contributed by atoms with Crippen molar-refractivity contribution in [2.75, 3.05) is 11.9 Å². The van der Waals surface area contributed by atoms with E-state index in [2.05, 4.69) is 81.5 Å². The first kappa shape index (κ1) is 15.6. The van der Waals surface area contributed by atoms with Gasteiger partial charge >= 0.3 is 0 Å². The molecule has 0 aliphatic rings. The first-order valence-corrected chi connectivity index (χ1v) is 7.94. The zero-order valence-corrected chi connectivity index (χ0v) is 13.7. The highest BCUT2D eigenvalue weighted by atomic mass is 14.9. The maximum Gasteiger partial charge on any atom is 0.0340 e. The smallest absolute Gasteiger partial charge is 0.0340 e. The van der Waals surface area contributed by atoms with Gasteiger partial charge in [-0.2, -0.15) is 0 Å². The third-order valence-electron chi connectivity index (χ3n) is 3.86. The molecule has 2 aromatic rings. The fraction of sp³-hybridized carbons (Fsp3) is 0.400. The van der Waals surface area contributed by atoms with Gasteiger partial charge in [-0.3, -0.25) is 0 Å². The molecular formula is C20H27N. The molecule has 0 saturated heterocycles. The summed E-state index contributed by atoms with van der Waals surface area (Å²) in [7, 11) is 0. The molecule has 1 nitrogen and oxygen atoms in total. The van der Waals surface area contributed by atoms with Gasteiger partial charge in [0.25, 0.3) is 0 Å². The van der Waals surface area contributed by atoms with Crippen molar-refractivity contribution in [2.45, 2.75) is 40.0 Å². The number of rotatable bonds is 6. The Morgan fingerprint density at radius 3 is 2.05 bits per heavy atom. The number of nitrogens with one attached hydrogen (secondary N) is 1. The van der Waals surface area contributed by atoms with E-state index < -0.39 is 0 Å². The lowest BCUT2D eigenvalue weighted by atomic mass is 9.96. The Labute approximate surface area is 129 Å². The third kappa shape index (κ3) is 4.93. The second kappa shape index (κ2) is 7.31. The van der Waals surface area contributed by atoms with Crippen LogP contribution in [0, 0.1) is 12.8 Å². The Balaban J connectivity index is 1.90. The average Bonchev–Trinajstić information content (AvgIpc) is 2.46. The van der Waals surface area contributed by atoms with Crippen LogP contribution in [0.5, 0.6) is 0 Å². The van der Waals surface area contributed by atoms with Crippen molar-refractivity contribution in [3.63, 3.8) is 0 Å². The number of anilines is 1. The molecule has 0 saturated carbocycles. The number of hydrogen-bond donors (Lipinski definition) is 1. The van der Waals surface area contributed by atoms with Crippen LogP contribution in [0.3, 0.4) is 0 Å². The van der Waals surface area contributed by atoms with Crippen molar-refractivity contribution in [1.82, 2.24) is 0 Å². The zero-order chi connectivity index (χ0) is 15.2. The van der Waals surface area contributed by atoms with E-state index >= 15 is 0 Å². The second-order valence-corrected chi connectivity index (χ2v) is 6.49. The van der Waals surface area contributed by atoms with Crippen molar-refractivity contribution in [2.24, 2.45) is 5.92 Å². The Morgan fingerprint density at radius 1 is 0.857 bits per heavy atom. The summed E-state index contributed by atoms with van der Waals surface area (Å²) in [5.41, 5.74) is 5.34. The second-order valence-electron chi connectivity index (χ2n) is 6.49. The fourth-order valence-corrected chi connectivity index (χ4v) is 2.51. The van der Waals surface area contributed by atoms with Crippen LogP contribution in [0.4, 0.5) is 5.69 Å². The first-order chi connectivity index (χ1) is 10.0. The summed E-state index contributed by atoms with van der Waals surface area (Å²) >= 11 is 0. The molecule has 0 aromatic heterocycles. The van der Waals surface area contributed by atoms with Crippen molar-refractivity contribution >= 4 is 5.69 Å². The van der Waals surface area contributed by atoms with Gasteiger partial charge in [0.05, 0.1) is 0 Å². The highest BCUT2D eigenvalue weighted by Crippen LogP contribution is 2.18. The van der Waals surface area contributed by atoms with Crippen LogP contribution in [-0.2, 0) is 6.42 Å². The van der Waals surface area contributed by atoms with E-state index in [4.69, 9.17) is 0 Å². The highest BCUT2D eigenvalue weighted by Gasteiger charge is 2.06. The minimum Gasteiger partial charge on any atom is -0.384 e. The SMILES string of the molecule is Cc1ccc(NCC(C)c2ccc(CC(C)C)cc2)cc1. The van der Waals surface area contributed by atoms with Crippen LogP contribution in [-0.4, -0.2) is 6.54 Å². The molecule has 0 radical (unpaired) electrons. The molecule has 21 heavy (non-hydrogen) atoms. The highest BCUT2D eigenvalue weighted by molar-refractivity contribution is 5.44. The van der Waals surface area contributed by atoms with Crippen molar-refractivity contribution in [3.8, 4) is 0 Å². The molecule has 0 heterocycles. The third-order valence-corrected chi connectivity index (χ3v) is 3.86. The minimum atomic E-state index is 0.513. The van der Waals surface area contributed by atoms with Gasteiger partial charge in [0, 0.05) is 12.2 Å². The van der Waals surface area contributed by atoms with Crippen LogP contribution in [0.25, 0.3) is 0 Å². The molecule has 0 bridgehead atoms. The molecule has 0 amide bonds. The van der Waals surface area contributed by atoms with Crippen molar-refractivity contribution in [3.05, 3.63) is 65.2 Å². The monoisotopic (exact) mass is 281 g/mol. The van der Waals surface area contributed by atoms with Gasteiger partial charge in [0.1, 0.15) is 0 Å². The molecule has 1 heteroatoms. The summed E-state index contributed by atoms with van der Waals surface area (Å²) in [6.45, 7) is 9.89. The predicted molar refractivity (Wildman–Crippen MR) is 93.1 cm³/mol. The van der Waals surface area contributed by atoms with E-state index in [-0.39, 0.29) is 0 Å². The first-order valence-electron chi connectivity index (χ1n) is 7.94. The number of hydrogen-bond acceptors (Lipinski definition) is 1. The molecule has 1 atom stereocenters. The maximum absolute atomic E-state index is 3.52. The summed E-state index contributed by atoms with van der Waals surface area (Å²) in [6.07, 6.45) is 1.16. The summed E-state index contributed by atoms with van der Waals surface area (Å²) in [4.78, 5) is 0. The van der Waals surface area contributed by atoms with Crippen molar-refractivity contribution < 1.29 is 0 Å². The summed E-state index contributed by atoms with van der Waals surface area (Å²) in [5, 5.41) is 3.52. The van der Waals surface area contributed by atoms with E-state index in [0.29, 0.717) is 5.92 Å². The topological polar surface area (TPSA) is 12.0 Å². The molecule has 0 aliphatic carbocycles. The standard InChI is InChI=1S/C20H27N/c1-15(2)13-18-7-9-19(10-8-18)17(4)14-21-20-11-5-16(3)6-12-20/h5-12,15,17,21H,13-14H2,1-4H3. The summed E-state index contributed by atoms with van der Waals surface area (Å²) in [5.74, 6) is 1.23. The molecule has 2 aromatic carbocycles. The Kier molecular flexibility index (Phi) is 5.44. The molecule has 0 spiro atoms. The van der Waals surface area contributed by atoms with E-state index in [0.717, 1.165) is 18.9 Å². The van der Waals surface area contributed by atoms with Gasteiger partial charge in [-0.15, -0.1) is 0 Å². The average molecular weight is 281 g/mol. The van der Waals surface area contributed by atoms with E-state index in [9.17, 15) is 0 Å². The van der Waals surface area contributed by atoms with Crippen LogP contribution >= 0.6 is 0 Å². The molecule has 1 N–H and O–H groups in total. The van der Waals surface area contributed by atoms with Gasteiger partial charge in [-0.25, -0.2) is 0 Å². The lowest BCUT2D eigenvalue weighted by Gasteiger charge is -2.15. The summed E-state index contributed by atoms with van der Waals surface area (Å²) in [6, 6.07) is 17.7. The van der Waals surface area contributed by atoms with Gasteiger partial charge in [-0.05, 0) is 48.4 Å². The van der Waals surface area contributed by atoms with Crippen LogP contribution in [0.15, 0.2) is 48.5 Å². The fourth-order valence-electron chi connectivity index (χ4n) is 2.51. The Morgan fingerprint density at radius 2 is 1.48 bits per heavy atom. The Bertz CT molecular complexity index is 537. The van der Waals surface area contributed by atoms with Crippen molar-refractivity contribution in [1.29, 1.82) is 0 Å². The maximum atomic E-state index is 3.52.